The number of para-hydroxylation sites is 1. The number of amides is 2. The zero-order valence-electron chi connectivity index (χ0n) is 15.6. The molecule has 0 N–H and O–H groups in total. The van der Waals surface area contributed by atoms with Crippen LogP contribution in [0.15, 0.2) is 54.2 Å². The van der Waals surface area contributed by atoms with Crippen molar-refractivity contribution in [1.29, 1.82) is 0 Å². The highest BCUT2D eigenvalue weighted by Crippen LogP contribution is 2.38. The molecule has 0 fully saturated rings. The molecule has 0 saturated carbocycles. The van der Waals surface area contributed by atoms with E-state index < -0.39 is 0 Å². The maximum atomic E-state index is 12.9. The van der Waals surface area contributed by atoms with Crippen molar-refractivity contribution in [3.63, 3.8) is 0 Å². The summed E-state index contributed by atoms with van der Waals surface area (Å²) in [5.41, 5.74) is 3.86. The third-order valence-electron chi connectivity index (χ3n) is 5.04. The first kappa shape index (κ1) is 17.3. The van der Waals surface area contributed by atoms with Gasteiger partial charge in [0.2, 0.25) is 0 Å². The molecule has 0 spiro atoms. The van der Waals surface area contributed by atoms with Gasteiger partial charge in [0.1, 0.15) is 11.4 Å². The van der Waals surface area contributed by atoms with Gasteiger partial charge in [-0.05, 0) is 42.2 Å². The van der Waals surface area contributed by atoms with Crippen LogP contribution < -0.4 is 9.64 Å². The Hall–Kier alpha value is -3.08. The van der Waals surface area contributed by atoms with Crippen LogP contribution >= 0.6 is 0 Å². The summed E-state index contributed by atoms with van der Waals surface area (Å²) < 4.78 is 5.63. The number of anilines is 1. The van der Waals surface area contributed by atoms with E-state index in [-0.39, 0.29) is 11.8 Å². The van der Waals surface area contributed by atoms with Gasteiger partial charge in [0.05, 0.1) is 12.2 Å². The van der Waals surface area contributed by atoms with Crippen molar-refractivity contribution in [2.45, 2.75) is 19.8 Å². The largest absolute Gasteiger partial charge is 0.494 e. The number of likely N-dealkylation sites (N-methyl/N-ethyl adjacent to an activating group) is 1. The molecule has 27 heavy (non-hydrogen) atoms. The number of carbonyl (C=O) groups is 2. The Labute approximate surface area is 158 Å². The number of nitrogens with zero attached hydrogens (tertiary/aromatic N) is 2. The summed E-state index contributed by atoms with van der Waals surface area (Å²) in [5, 5.41) is 0. The quantitative estimate of drug-likeness (QED) is 0.766. The molecule has 2 aliphatic rings. The molecule has 0 aliphatic carbocycles. The lowest BCUT2D eigenvalue weighted by atomic mass is 10.0. The Kier molecular flexibility index (Phi) is 4.44. The molecule has 0 aromatic heterocycles. The Balaban J connectivity index is 1.77. The van der Waals surface area contributed by atoms with Crippen LogP contribution in [0.25, 0.3) is 5.57 Å². The average Bonchev–Trinajstić information content (AvgIpc) is 3.21. The van der Waals surface area contributed by atoms with Crippen molar-refractivity contribution in [2.75, 3.05) is 25.1 Å². The highest BCUT2D eigenvalue weighted by Gasteiger charge is 2.41. The maximum Gasteiger partial charge on any atom is 0.277 e. The molecule has 2 aromatic rings. The normalized spacial score (nSPS) is 16.4. The van der Waals surface area contributed by atoms with Crippen molar-refractivity contribution in [2.24, 2.45) is 0 Å². The molecule has 4 rings (SSSR count). The average molecular weight is 362 g/mol. The molecule has 2 aromatic carbocycles. The monoisotopic (exact) mass is 362 g/mol. The Morgan fingerprint density at radius 3 is 2.48 bits per heavy atom. The van der Waals surface area contributed by atoms with Crippen LogP contribution in [0.4, 0.5) is 5.69 Å². The number of rotatable bonds is 5. The summed E-state index contributed by atoms with van der Waals surface area (Å²) in [6, 6.07) is 15.4. The van der Waals surface area contributed by atoms with E-state index >= 15 is 0 Å². The van der Waals surface area contributed by atoms with Gasteiger partial charge in [-0.25, -0.2) is 0 Å². The van der Waals surface area contributed by atoms with E-state index in [0.717, 1.165) is 29.8 Å². The van der Waals surface area contributed by atoms with Gasteiger partial charge in [-0.1, -0.05) is 37.3 Å². The van der Waals surface area contributed by atoms with E-state index in [2.05, 4.69) is 13.0 Å². The minimum Gasteiger partial charge on any atom is -0.494 e. The molecule has 138 valence electrons. The third-order valence-corrected chi connectivity index (χ3v) is 5.04. The van der Waals surface area contributed by atoms with Crippen LogP contribution in [0, 0.1) is 0 Å². The summed E-state index contributed by atoms with van der Waals surface area (Å²) in [7, 11) is 1.54. The van der Waals surface area contributed by atoms with Gasteiger partial charge >= 0.3 is 0 Å². The highest BCUT2D eigenvalue weighted by atomic mass is 16.5. The van der Waals surface area contributed by atoms with Gasteiger partial charge in [-0.2, -0.15) is 0 Å². The molecule has 0 bridgehead atoms. The fraction of sp³-hybridized carbons (Fsp3) is 0.273. The van der Waals surface area contributed by atoms with E-state index in [0.29, 0.717) is 24.4 Å². The molecule has 5 heteroatoms. The number of imide groups is 1. The highest BCUT2D eigenvalue weighted by molar-refractivity contribution is 6.36. The van der Waals surface area contributed by atoms with Gasteiger partial charge in [0.25, 0.3) is 11.8 Å². The lowest BCUT2D eigenvalue weighted by Crippen LogP contribution is -2.31. The number of ether oxygens (including phenoxy) is 1. The summed E-state index contributed by atoms with van der Waals surface area (Å²) in [6.45, 7) is 3.40. The number of hydrogen-bond donors (Lipinski definition) is 0. The molecule has 5 nitrogen and oxygen atoms in total. The Morgan fingerprint density at radius 2 is 1.74 bits per heavy atom. The minimum atomic E-state index is -0.262. The second-order valence-corrected chi connectivity index (χ2v) is 6.80. The van der Waals surface area contributed by atoms with Gasteiger partial charge in [-0.15, -0.1) is 0 Å². The maximum absolute atomic E-state index is 12.9. The first-order chi connectivity index (χ1) is 13.1. The first-order valence-electron chi connectivity index (χ1n) is 9.27. The zero-order valence-corrected chi connectivity index (χ0v) is 15.6. The molecule has 2 amide bonds. The summed E-state index contributed by atoms with van der Waals surface area (Å²) in [5.74, 6) is 0.249. The van der Waals surface area contributed by atoms with Crippen LogP contribution in [-0.4, -0.2) is 36.9 Å². The van der Waals surface area contributed by atoms with Crippen molar-refractivity contribution in [3.8, 4) is 5.75 Å². The number of benzene rings is 2. The fourth-order valence-corrected chi connectivity index (χ4v) is 3.65. The van der Waals surface area contributed by atoms with Crippen LogP contribution in [0.5, 0.6) is 5.75 Å². The van der Waals surface area contributed by atoms with Crippen LogP contribution in [0.3, 0.4) is 0 Å². The van der Waals surface area contributed by atoms with E-state index in [1.165, 1.54) is 10.5 Å². The SMILES string of the molecule is CCCOc1ccc(C2=C(N3CCc4ccccc43)C(=O)N(C)C2=O)cc1. The third kappa shape index (κ3) is 2.89. The van der Waals surface area contributed by atoms with Gasteiger partial charge in [0, 0.05) is 19.3 Å². The second kappa shape index (κ2) is 6.91. The van der Waals surface area contributed by atoms with Gasteiger partial charge < -0.3 is 9.64 Å². The molecule has 0 saturated heterocycles. The van der Waals surface area contributed by atoms with Crippen molar-refractivity contribution in [3.05, 3.63) is 65.4 Å². The summed E-state index contributed by atoms with van der Waals surface area (Å²) in [6.07, 6.45) is 1.80. The Bertz CT molecular complexity index is 931. The van der Waals surface area contributed by atoms with Crippen LogP contribution in [0.2, 0.25) is 0 Å². The van der Waals surface area contributed by atoms with Gasteiger partial charge in [-0.3, -0.25) is 14.5 Å². The Morgan fingerprint density at radius 1 is 1.00 bits per heavy atom. The van der Waals surface area contributed by atoms with Crippen LogP contribution in [-0.2, 0) is 16.0 Å². The molecule has 0 radical (unpaired) electrons. The van der Waals surface area contributed by atoms with Crippen molar-refractivity contribution < 1.29 is 14.3 Å². The fourth-order valence-electron chi connectivity index (χ4n) is 3.65. The standard InChI is InChI=1S/C22H22N2O3/c1-3-14-27-17-10-8-16(9-11-17)19-20(22(26)23(2)21(19)25)24-13-12-15-6-4-5-7-18(15)24/h4-11H,3,12-14H2,1-2H3. The van der Waals surface area contributed by atoms with E-state index in [9.17, 15) is 9.59 Å². The summed E-state index contributed by atoms with van der Waals surface area (Å²) in [4.78, 5) is 28.9. The van der Waals surface area contributed by atoms with Crippen LogP contribution in [0.1, 0.15) is 24.5 Å². The molecule has 0 unspecified atom stereocenters. The topological polar surface area (TPSA) is 49.9 Å². The molecule has 2 heterocycles. The number of fused-ring (bicyclic) bond motifs is 1. The lowest BCUT2D eigenvalue weighted by molar-refractivity contribution is -0.135. The minimum absolute atomic E-state index is 0.252. The number of hydrogen-bond acceptors (Lipinski definition) is 4. The van der Waals surface area contributed by atoms with E-state index in [1.54, 1.807) is 7.05 Å². The van der Waals surface area contributed by atoms with E-state index in [1.807, 2.05) is 47.4 Å². The molecule has 2 aliphatic heterocycles. The number of carbonyl (C=O) groups excluding carboxylic acids is 2. The molecule has 0 atom stereocenters. The molecular weight excluding hydrogens is 340 g/mol. The predicted molar refractivity (Wildman–Crippen MR) is 104 cm³/mol. The zero-order chi connectivity index (χ0) is 19.0. The second-order valence-electron chi connectivity index (χ2n) is 6.80. The van der Waals surface area contributed by atoms with Gasteiger partial charge in [0.15, 0.2) is 0 Å². The first-order valence-corrected chi connectivity index (χ1v) is 9.27. The van der Waals surface area contributed by atoms with Crippen molar-refractivity contribution >= 4 is 23.1 Å². The lowest BCUT2D eigenvalue weighted by Gasteiger charge is -2.21. The molecular formula is C22H22N2O3. The smallest absolute Gasteiger partial charge is 0.277 e. The van der Waals surface area contributed by atoms with Crippen molar-refractivity contribution in [1.82, 2.24) is 4.90 Å². The van der Waals surface area contributed by atoms with E-state index in [4.69, 9.17) is 4.74 Å². The predicted octanol–water partition coefficient (Wildman–Crippen LogP) is 3.25. The summed E-state index contributed by atoms with van der Waals surface area (Å²) >= 11 is 0.